The molecule has 0 radical (unpaired) electrons. The van der Waals surface area contributed by atoms with Crippen LogP contribution in [0.2, 0.25) is 0 Å². The average molecular weight is 413 g/mol. The highest BCUT2D eigenvalue weighted by atomic mass is 79.9. The van der Waals surface area contributed by atoms with Gasteiger partial charge in [0.25, 0.3) is 5.91 Å². The van der Waals surface area contributed by atoms with Crippen LogP contribution in [0.25, 0.3) is 10.8 Å². The lowest BCUT2D eigenvalue weighted by Gasteiger charge is -2.09. The number of carbonyl (C=O) groups is 1. The van der Waals surface area contributed by atoms with Crippen LogP contribution in [0.5, 0.6) is 11.5 Å². The summed E-state index contributed by atoms with van der Waals surface area (Å²) in [6.45, 7) is 0. The number of amides is 1. The van der Waals surface area contributed by atoms with Gasteiger partial charge in [-0.2, -0.15) is 5.10 Å². The smallest absolute Gasteiger partial charge is 0.275 e. The number of rotatable bonds is 5. The minimum absolute atomic E-state index is 0.337. The molecular weight excluding hydrogens is 396 g/mol. The molecule has 26 heavy (non-hydrogen) atoms. The lowest BCUT2D eigenvalue weighted by atomic mass is 10.1. The van der Waals surface area contributed by atoms with Crippen LogP contribution >= 0.6 is 15.9 Å². The Hall–Kier alpha value is -2.86. The summed E-state index contributed by atoms with van der Waals surface area (Å²) in [4.78, 5) is 12.5. The van der Waals surface area contributed by atoms with Gasteiger partial charge in [0.1, 0.15) is 11.5 Å². The summed E-state index contributed by atoms with van der Waals surface area (Å²) >= 11 is 3.42. The average Bonchev–Trinajstić information content (AvgIpc) is 2.67. The molecule has 5 nitrogen and oxygen atoms in total. The summed E-state index contributed by atoms with van der Waals surface area (Å²) in [6, 6.07) is 16.9. The fourth-order valence-electron chi connectivity index (χ4n) is 2.55. The molecule has 1 N–H and O–H groups in total. The number of halogens is 1. The van der Waals surface area contributed by atoms with Gasteiger partial charge in [-0.1, -0.05) is 24.3 Å². The molecule has 0 saturated carbocycles. The van der Waals surface area contributed by atoms with Gasteiger partial charge < -0.3 is 9.47 Å². The summed E-state index contributed by atoms with van der Waals surface area (Å²) < 4.78 is 11.3. The number of benzene rings is 3. The zero-order chi connectivity index (χ0) is 18.5. The van der Waals surface area contributed by atoms with Gasteiger partial charge in [0, 0.05) is 0 Å². The minimum atomic E-state index is -0.337. The van der Waals surface area contributed by atoms with Gasteiger partial charge in [0.2, 0.25) is 0 Å². The first-order valence-corrected chi connectivity index (χ1v) is 8.65. The molecule has 0 spiro atoms. The fourth-order valence-corrected chi connectivity index (χ4v) is 3.11. The summed E-state index contributed by atoms with van der Waals surface area (Å²) in [5, 5.41) is 5.99. The summed E-state index contributed by atoms with van der Waals surface area (Å²) in [6.07, 6.45) is 1.57. The zero-order valence-corrected chi connectivity index (χ0v) is 15.9. The van der Waals surface area contributed by atoms with Crippen LogP contribution in [0, 0.1) is 0 Å². The molecule has 0 heterocycles. The maximum atomic E-state index is 12.5. The second-order valence-corrected chi connectivity index (χ2v) is 6.35. The number of hydrogen-bond acceptors (Lipinski definition) is 4. The van der Waals surface area contributed by atoms with E-state index < -0.39 is 0 Å². The Labute approximate surface area is 159 Å². The first kappa shape index (κ1) is 17.9. The molecule has 1 amide bonds. The quantitative estimate of drug-likeness (QED) is 0.499. The Balaban J connectivity index is 1.79. The summed E-state index contributed by atoms with van der Waals surface area (Å²) in [7, 11) is 3.14. The standard InChI is InChI=1S/C20H17BrN2O3/c1-25-18-8-7-13(9-17(18)21)12-22-23-20(24)16-10-14-5-3-4-6-15(14)11-19(16)26-2/h3-12H,1-2H3,(H,23,24). The van der Waals surface area contributed by atoms with Crippen molar-refractivity contribution in [1.29, 1.82) is 0 Å². The third-order valence-corrected chi connectivity index (χ3v) is 4.49. The van der Waals surface area contributed by atoms with Gasteiger partial charge in [-0.3, -0.25) is 4.79 Å². The Morgan fingerprint density at radius 3 is 2.35 bits per heavy atom. The number of hydrazone groups is 1. The van der Waals surface area contributed by atoms with E-state index in [0.717, 1.165) is 26.6 Å². The number of carbonyl (C=O) groups excluding carboxylic acids is 1. The van der Waals surface area contributed by atoms with Crippen molar-refractivity contribution in [2.45, 2.75) is 0 Å². The van der Waals surface area contributed by atoms with Crippen molar-refractivity contribution >= 4 is 38.8 Å². The molecule has 0 unspecified atom stereocenters. The lowest BCUT2D eigenvalue weighted by Crippen LogP contribution is -2.18. The van der Waals surface area contributed by atoms with E-state index in [2.05, 4.69) is 26.5 Å². The van der Waals surface area contributed by atoms with E-state index in [0.29, 0.717) is 11.3 Å². The van der Waals surface area contributed by atoms with Crippen molar-refractivity contribution in [3.05, 3.63) is 70.2 Å². The van der Waals surface area contributed by atoms with Gasteiger partial charge in [-0.05, 0) is 62.6 Å². The van der Waals surface area contributed by atoms with Crippen molar-refractivity contribution in [3.63, 3.8) is 0 Å². The van der Waals surface area contributed by atoms with E-state index in [1.165, 1.54) is 0 Å². The first-order valence-electron chi connectivity index (χ1n) is 7.86. The van der Waals surface area contributed by atoms with Crippen molar-refractivity contribution in [2.75, 3.05) is 14.2 Å². The van der Waals surface area contributed by atoms with Crippen LogP contribution in [-0.4, -0.2) is 26.3 Å². The molecule has 0 aliphatic rings. The topological polar surface area (TPSA) is 59.9 Å². The molecule has 3 aromatic carbocycles. The predicted molar refractivity (Wildman–Crippen MR) is 106 cm³/mol. The molecule has 6 heteroatoms. The van der Waals surface area contributed by atoms with Crippen molar-refractivity contribution in [1.82, 2.24) is 5.43 Å². The molecular formula is C20H17BrN2O3. The molecule has 0 aromatic heterocycles. The molecule has 132 valence electrons. The molecule has 0 bridgehead atoms. The Morgan fingerprint density at radius 1 is 1.00 bits per heavy atom. The van der Waals surface area contributed by atoms with Crippen LogP contribution in [0.15, 0.2) is 64.2 Å². The Morgan fingerprint density at radius 2 is 1.69 bits per heavy atom. The van der Waals surface area contributed by atoms with Crippen LogP contribution in [0.1, 0.15) is 15.9 Å². The van der Waals surface area contributed by atoms with Gasteiger partial charge >= 0.3 is 0 Å². The SMILES string of the molecule is COc1ccc(C=NNC(=O)c2cc3ccccc3cc2OC)cc1Br. The zero-order valence-electron chi connectivity index (χ0n) is 14.3. The largest absolute Gasteiger partial charge is 0.496 e. The van der Waals surface area contributed by atoms with Gasteiger partial charge in [-0.25, -0.2) is 5.43 Å². The normalized spacial score (nSPS) is 10.9. The number of hydrogen-bond donors (Lipinski definition) is 1. The second kappa shape index (κ2) is 8.01. The van der Waals surface area contributed by atoms with E-state index >= 15 is 0 Å². The van der Waals surface area contributed by atoms with Crippen LogP contribution in [0.4, 0.5) is 0 Å². The molecule has 0 fully saturated rings. The van der Waals surface area contributed by atoms with Gasteiger partial charge in [-0.15, -0.1) is 0 Å². The minimum Gasteiger partial charge on any atom is -0.496 e. The van der Waals surface area contributed by atoms with Crippen LogP contribution < -0.4 is 14.9 Å². The lowest BCUT2D eigenvalue weighted by molar-refractivity contribution is 0.0952. The third kappa shape index (κ3) is 3.86. The van der Waals surface area contributed by atoms with E-state index in [1.54, 1.807) is 26.5 Å². The molecule has 3 aromatic rings. The maximum absolute atomic E-state index is 12.5. The first-order chi connectivity index (χ1) is 12.6. The Bertz CT molecular complexity index is 986. The predicted octanol–water partition coefficient (Wildman–Crippen LogP) is 4.38. The molecule has 0 atom stereocenters. The highest BCUT2D eigenvalue weighted by Crippen LogP contribution is 2.26. The second-order valence-electron chi connectivity index (χ2n) is 5.49. The summed E-state index contributed by atoms with van der Waals surface area (Å²) in [5.74, 6) is 0.895. The van der Waals surface area contributed by atoms with Crippen molar-refractivity contribution in [2.24, 2.45) is 5.10 Å². The Kier molecular flexibility index (Phi) is 5.53. The van der Waals surface area contributed by atoms with E-state index in [1.807, 2.05) is 48.5 Å². The molecule has 0 saturated heterocycles. The van der Waals surface area contributed by atoms with E-state index in [9.17, 15) is 4.79 Å². The molecule has 0 aliphatic carbocycles. The number of ether oxygens (including phenoxy) is 2. The number of nitrogens with zero attached hydrogens (tertiary/aromatic N) is 1. The van der Waals surface area contributed by atoms with Crippen LogP contribution in [0.3, 0.4) is 0 Å². The third-order valence-electron chi connectivity index (χ3n) is 3.87. The van der Waals surface area contributed by atoms with Crippen molar-refractivity contribution in [3.8, 4) is 11.5 Å². The van der Waals surface area contributed by atoms with Gasteiger partial charge in [0.15, 0.2) is 0 Å². The van der Waals surface area contributed by atoms with Crippen LogP contribution in [-0.2, 0) is 0 Å². The molecule has 0 aliphatic heterocycles. The van der Waals surface area contributed by atoms with E-state index in [4.69, 9.17) is 9.47 Å². The van der Waals surface area contributed by atoms with E-state index in [-0.39, 0.29) is 5.91 Å². The number of nitrogens with one attached hydrogen (secondary N) is 1. The van der Waals surface area contributed by atoms with Crippen molar-refractivity contribution < 1.29 is 14.3 Å². The highest BCUT2D eigenvalue weighted by Gasteiger charge is 2.13. The number of methoxy groups -OCH3 is 2. The number of fused-ring (bicyclic) bond motifs is 1. The highest BCUT2D eigenvalue weighted by molar-refractivity contribution is 9.10. The molecule has 3 rings (SSSR count). The fraction of sp³-hybridized carbons (Fsp3) is 0.100. The maximum Gasteiger partial charge on any atom is 0.275 e. The monoisotopic (exact) mass is 412 g/mol. The van der Waals surface area contributed by atoms with Gasteiger partial charge in [0.05, 0.1) is 30.5 Å². The summed E-state index contributed by atoms with van der Waals surface area (Å²) in [5.41, 5.74) is 3.79.